The summed E-state index contributed by atoms with van der Waals surface area (Å²) in [5, 5.41) is 6.37. The molecular formula is C18H28N2O3. The number of rotatable bonds is 7. The molecule has 0 atom stereocenters. The Balaban J connectivity index is 1.84. The Labute approximate surface area is 138 Å². The van der Waals surface area contributed by atoms with E-state index in [1.54, 1.807) is 7.11 Å². The minimum absolute atomic E-state index is 0.0360. The van der Waals surface area contributed by atoms with Crippen LogP contribution in [0.15, 0.2) is 18.2 Å². The minimum atomic E-state index is -0.0818. The van der Waals surface area contributed by atoms with Gasteiger partial charge < -0.3 is 20.1 Å². The Bertz CT molecular complexity index is 499. The number of benzene rings is 1. The lowest BCUT2D eigenvalue weighted by atomic mass is 9.79. The summed E-state index contributed by atoms with van der Waals surface area (Å²) in [6.45, 7) is 7.28. The average Bonchev–Trinajstić information content (AvgIpc) is 2.54. The molecular weight excluding hydrogens is 292 g/mol. The highest BCUT2D eigenvalue weighted by Gasteiger charge is 2.32. The van der Waals surface area contributed by atoms with Crippen LogP contribution in [-0.4, -0.2) is 45.9 Å². The van der Waals surface area contributed by atoms with Crippen LogP contribution in [0.3, 0.4) is 0 Å². The highest BCUT2D eigenvalue weighted by atomic mass is 16.5. The molecule has 1 aliphatic heterocycles. The van der Waals surface area contributed by atoms with Crippen molar-refractivity contribution in [3.05, 3.63) is 29.3 Å². The highest BCUT2D eigenvalue weighted by Crippen LogP contribution is 2.28. The second-order valence-electron chi connectivity index (χ2n) is 6.47. The van der Waals surface area contributed by atoms with Gasteiger partial charge in [-0.15, -0.1) is 0 Å². The van der Waals surface area contributed by atoms with E-state index in [4.69, 9.17) is 9.47 Å². The average molecular weight is 320 g/mol. The first-order chi connectivity index (χ1) is 11.1. The van der Waals surface area contributed by atoms with E-state index in [2.05, 4.69) is 10.6 Å². The van der Waals surface area contributed by atoms with Crippen molar-refractivity contribution < 1.29 is 14.3 Å². The van der Waals surface area contributed by atoms with Crippen molar-refractivity contribution in [2.24, 2.45) is 5.41 Å². The van der Waals surface area contributed by atoms with Crippen molar-refractivity contribution in [2.75, 3.05) is 40.0 Å². The van der Waals surface area contributed by atoms with E-state index in [9.17, 15) is 4.79 Å². The highest BCUT2D eigenvalue weighted by molar-refractivity contribution is 5.77. The van der Waals surface area contributed by atoms with Gasteiger partial charge in [0, 0.05) is 19.1 Å². The molecule has 0 bridgehead atoms. The van der Waals surface area contributed by atoms with E-state index in [1.165, 1.54) is 0 Å². The molecule has 0 spiro atoms. The zero-order valence-electron chi connectivity index (χ0n) is 14.4. The molecule has 1 aromatic carbocycles. The summed E-state index contributed by atoms with van der Waals surface area (Å²) in [5.74, 6) is 0.720. The summed E-state index contributed by atoms with van der Waals surface area (Å²) in [4.78, 5) is 12.1. The number of ether oxygens (including phenoxy) is 2. The fourth-order valence-electron chi connectivity index (χ4n) is 3.14. The second-order valence-corrected chi connectivity index (χ2v) is 6.47. The van der Waals surface area contributed by atoms with Gasteiger partial charge in [-0.2, -0.15) is 0 Å². The second kappa shape index (κ2) is 8.31. The monoisotopic (exact) mass is 320 g/mol. The van der Waals surface area contributed by atoms with Crippen LogP contribution in [0, 0.1) is 19.3 Å². The number of hydrogen-bond donors (Lipinski definition) is 2. The molecule has 2 N–H and O–H groups in total. The Morgan fingerprint density at radius 3 is 2.52 bits per heavy atom. The van der Waals surface area contributed by atoms with Crippen LogP contribution in [0.5, 0.6) is 5.75 Å². The van der Waals surface area contributed by atoms with Crippen LogP contribution in [-0.2, 0) is 9.53 Å². The van der Waals surface area contributed by atoms with Crippen LogP contribution in [0.25, 0.3) is 0 Å². The van der Waals surface area contributed by atoms with Gasteiger partial charge in [-0.3, -0.25) is 4.79 Å². The molecule has 0 saturated carbocycles. The molecule has 1 aliphatic rings. The van der Waals surface area contributed by atoms with Crippen molar-refractivity contribution in [3.8, 4) is 5.75 Å². The molecule has 1 fully saturated rings. The summed E-state index contributed by atoms with van der Waals surface area (Å²) < 4.78 is 11.1. The largest absolute Gasteiger partial charge is 0.483 e. The van der Waals surface area contributed by atoms with Crippen LogP contribution in [0.2, 0.25) is 0 Å². The first-order valence-electron chi connectivity index (χ1n) is 8.22. The fraction of sp³-hybridized carbons (Fsp3) is 0.611. The smallest absolute Gasteiger partial charge is 0.257 e. The van der Waals surface area contributed by atoms with Gasteiger partial charge in [0.2, 0.25) is 0 Å². The molecule has 0 radical (unpaired) electrons. The van der Waals surface area contributed by atoms with Crippen molar-refractivity contribution >= 4 is 5.91 Å². The molecule has 0 aromatic heterocycles. The number of methoxy groups -OCH3 is 1. The van der Waals surface area contributed by atoms with E-state index < -0.39 is 0 Å². The normalized spacial score (nSPS) is 16.8. The molecule has 5 nitrogen and oxygen atoms in total. The number of carbonyl (C=O) groups excluding carboxylic acids is 1. The predicted octanol–water partition coefficient (Wildman–Crippen LogP) is 1.81. The number of carbonyl (C=O) groups is 1. The lowest BCUT2D eigenvalue weighted by Crippen LogP contribution is -2.47. The minimum Gasteiger partial charge on any atom is -0.483 e. The first-order valence-corrected chi connectivity index (χ1v) is 8.22. The van der Waals surface area contributed by atoms with Crippen molar-refractivity contribution in [1.82, 2.24) is 10.6 Å². The van der Waals surface area contributed by atoms with Crippen molar-refractivity contribution in [3.63, 3.8) is 0 Å². The third-order valence-electron chi connectivity index (χ3n) is 4.53. The van der Waals surface area contributed by atoms with Crippen molar-refractivity contribution in [2.45, 2.75) is 26.7 Å². The number of amides is 1. The van der Waals surface area contributed by atoms with Gasteiger partial charge in [0.1, 0.15) is 5.75 Å². The van der Waals surface area contributed by atoms with Crippen LogP contribution < -0.4 is 15.4 Å². The summed E-state index contributed by atoms with van der Waals surface area (Å²) >= 11 is 0. The van der Waals surface area contributed by atoms with Gasteiger partial charge in [-0.25, -0.2) is 0 Å². The fourth-order valence-corrected chi connectivity index (χ4v) is 3.14. The van der Waals surface area contributed by atoms with Crippen molar-refractivity contribution in [1.29, 1.82) is 0 Å². The first kappa shape index (κ1) is 17.8. The third kappa shape index (κ3) is 4.94. The molecule has 1 heterocycles. The lowest BCUT2D eigenvalue weighted by molar-refractivity contribution is -0.124. The summed E-state index contributed by atoms with van der Waals surface area (Å²) in [6.07, 6.45) is 2.03. The Morgan fingerprint density at radius 2 is 1.91 bits per heavy atom. The van der Waals surface area contributed by atoms with Crippen LogP contribution in [0.4, 0.5) is 0 Å². The SMILES string of the molecule is COCC1(CNC(=O)COc2c(C)cccc2C)CCNCC1. The summed E-state index contributed by atoms with van der Waals surface area (Å²) in [6, 6.07) is 5.97. The zero-order chi connectivity index (χ0) is 16.7. The Kier molecular flexibility index (Phi) is 6.42. The number of nitrogens with one attached hydrogen (secondary N) is 2. The van der Waals surface area contributed by atoms with Gasteiger partial charge >= 0.3 is 0 Å². The van der Waals surface area contributed by atoms with Gasteiger partial charge in [0.25, 0.3) is 5.91 Å². The predicted molar refractivity (Wildman–Crippen MR) is 90.8 cm³/mol. The maximum absolute atomic E-state index is 12.1. The molecule has 1 aromatic rings. The molecule has 23 heavy (non-hydrogen) atoms. The number of para-hydroxylation sites is 1. The number of piperidine rings is 1. The van der Waals surface area contributed by atoms with Gasteiger partial charge in [-0.05, 0) is 50.9 Å². The van der Waals surface area contributed by atoms with Crippen LogP contribution in [0.1, 0.15) is 24.0 Å². The zero-order valence-corrected chi connectivity index (χ0v) is 14.4. The molecule has 128 valence electrons. The summed E-state index contributed by atoms with van der Waals surface area (Å²) in [5.41, 5.74) is 2.13. The molecule has 0 aliphatic carbocycles. The Hall–Kier alpha value is -1.59. The molecule has 5 heteroatoms. The third-order valence-corrected chi connectivity index (χ3v) is 4.53. The van der Waals surface area contributed by atoms with Gasteiger partial charge in [0.15, 0.2) is 6.61 Å². The number of hydrogen-bond acceptors (Lipinski definition) is 4. The molecule has 0 unspecified atom stereocenters. The van der Waals surface area contributed by atoms with E-state index in [1.807, 2.05) is 32.0 Å². The van der Waals surface area contributed by atoms with E-state index in [0.29, 0.717) is 13.2 Å². The van der Waals surface area contributed by atoms with Gasteiger partial charge in [-0.1, -0.05) is 18.2 Å². The molecule has 1 saturated heterocycles. The number of aryl methyl sites for hydroxylation is 2. The van der Waals surface area contributed by atoms with Gasteiger partial charge in [0.05, 0.1) is 6.61 Å². The standard InChI is InChI=1S/C18H28N2O3/c1-14-5-4-6-15(2)17(14)23-11-16(21)20-12-18(13-22-3)7-9-19-10-8-18/h4-6,19H,7-13H2,1-3H3,(H,20,21). The topological polar surface area (TPSA) is 59.6 Å². The quantitative estimate of drug-likeness (QED) is 0.804. The van der Waals surface area contributed by atoms with Crippen LogP contribution >= 0.6 is 0 Å². The Morgan fingerprint density at radius 1 is 1.26 bits per heavy atom. The molecule has 1 amide bonds. The van der Waals surface area contributed by atoms with E-state index in [-0.39, 0.29) is 17.9 Å². The molecule has 2 rings (SSSR count). The lowest BCUT2D eigenvalue weighted by Gasteiger charge is -2.37. The summed E-state index contributed by atoms with van der Waals surface area (Å²) in [7, 11) is 1.72. The maximum atomic E-state index is 12.1. The maximum Gasteiger partial charge on any atom is 0.257 e. The van der Waals surface area contributed by atoms with E-state index in [0.717, 1.165) is 42.8 Å². The van der Waals surface area contributed by atoms with E-state index >= 15 is 0 Å².